The second-order valence-corrected chi connectivity index (χ2v) is 10.6. The zero-order valence-corrected chi connectivity index (χ0v) is 22.6. The number of hydrogen-bond donors (Lipinski definition) is 1. The molecule has 1 aromatic carbocycles. The number of hydrogen-bond acceptors (Lipinski definition) is 6. The standard InChI is InChI=1S/C29H39FN4O4/c1-19(2)37-29(36)34-14-10-21(11-15-34)20(3)38-27-9-8-24(18-32-27)22-6-7-23(25(30)16-22)17-26(31)28(35)33-12-4-5-13-33/h6-9,16,18-21,26H,4-5,10-15,17,31H2,1-3H3/t20-,26?/m1/s1. The van der Waals surface area contributed by atoms with Crippen LogP contribution in [-0.4, -0.2) is 71.2 Å². The van der Waals surface area contributed by atoms with Crippen molar-refractivity contribution in [2.75, 3.05) is 26.2 Å². The van der Waals surface area contributed by atoms with Gasteiger partial charge in [0.05, 0.1) is 12.1 Å². The third kappa shape index (κ3) is 7.01. The normalized spacial score (nSPS) is 17.9. The molecule has 2 aromatic rings. The van der Waals surface area contributed by atoms with E-state index in [0.717, 1.165) is 44.3 Å². The summed E-state index contributed by atoms with van der Waals surface area (Å²) in [5.41, 5.74) is 7.98. The number of carbonyl (C=O) groups excluding carboxylic acids is 2. The summed E-state index contributed by atoms with van der Waals surface area (Å²) >= 11 is 0. The van der Waals surface area contributed by atoms with Crippen LogP contribution in [-0.2, 0) is 16.0 Å². The van der Waals surface area contributed by atoms with Gasteiger partial charge in [-0.3, -0.25) is 4.79 Å². The first kappa shape index (κ1) is 27.8. The topological polar surface area (TPSA) is 98.0 Å². The first-order valence-electron chi connectivity index (χ1n) is 13.6. The summed E-state index contributed by atoms with van der Waals surface area (Å²) in [5, 5.41) is 0. The van der Waals surface area contributed by atoms with Crippen LogP contribution in [0, 0.1) is 11.7 Å². The molecule has 2 amide bonds. The van der Waals surface area contributed by atoms with E-state index in [0.29, 0.717) is 36.0 Å². The molecule has 2 fully saturated rings. The van der Waals surface area contributed by atoms with Crippen LogP contribution < -0.4 is 10.5 Å². The van der Waals surface area contributed by atoms with Crippen LogP contribution in [0.1, 0.15) is 52.0 Å². The molecule has 2 N–H and O–H groups in total. The van der Waals surface area contributed by atoms with Crippen LogP contribution in [0.4, 0.5) is 9.18 Å². The lowest BCUT2D eigenvalue weighted by Gasteiger charge is -2.34. The Morgan fingerprint density at radius 1 is 1.03 bits per heavy atom. The molecular formula is C29H39FN4O4. The van der Waals surface area contributed by atoms with Crippen LogP contribution in [0.15, 0.2) is 36.5 Å². The summed E-state index contributed by atoms with van der Waals surface area (Å²) < 4.78 is 26.3. The number of nitrogens with two attached hydrogens (primary N) is 1. The van der Waals surface area contributed by atoms with E-state index in [4.69, 9.17) is 15.2 Å². The smallest absolute Gasteiger partial charge is 0.410 e. The first-order valence-corrected chi connectivity index (χ1v) is 13.6. The number of piperidine rings is 1. The molecule has 1 aromatic heterocycles. The number of amides is 2. The van der Waals surface area contributed by atoms with Crippen LogP contribution >= 0.6 is 0 Å². The van der Waals surface area contributed by atoms with Crippen molar-refractivity contribution in [2.45, 2.75) is 71.1 Å². The maximum absolute atomic E-state index is 14.9. The van der Waals surface area contributed by atoms with Crippen molar-refractivity contribution < 1.29 is 23.5 Å². The summed E-state index contributed by atoms with van der Waals surface area (Å²) in [6.45, 7) is 8.47. The van der Waals surface area contributed by atoms with Crippen LogP contribution in [0.5, 0.6) is 5.88 Å². The fourth-order valence-electron chi connectivity index (χ4n) is 5.12. The van der Waals surface area contributed by atoms with E-state index in [1.807, 2.05) is 32.9 Å². The minimum Gasteiger partial charge on any atom is -0.474 e. The lowest BCUT2D eigenvalue weighted by molar-refractivity contribution is -0.131. The maximum Gasteiger partial charge on any atom is 0.410 e. The molecule has 1 unspecified atom stereocenters. The molecule has 0 radical (unpaired) electrons. The lowest BCUT2D eigenvalue weighted by atomic mass is 9.92. The molecule has 0 spiro atoms. The number of ether oxygens (including phenoxy) is 2. The number of aromatic nitrogens is 1. The summed E-state index contributed by atoms with van der Waals surface area (Å²) in [7, 11) is 0. The van der Waals surface area contributed by atoms with Gasteiger partial charge in [-0.05, 0) is 82.1 Å². The summed E-state index contributed by atoms with van der Waals surface area (Å²) in [4.78, 5) is 32.5. The molecule has 2 aliphatic heterocycles. The van der Waals surface area contributed by atoms with E-state index in [2.05, 4.69) is 4.98 Å². The summed E-state index contributed by atoms with van der Waals surface area (Å²) in [5.74, 6) is 0.320. The number of carbonyl (C=O) groups is 2. The van der Waals surface area contributed by atoms with Gasteiger partial charge in [-0.15, -0.1) is 0 Å². The Morgan fingerprint density at radius 2 is 1.71 bits per heavy atom. The molecule has 0 bridgehead atoms. The van der Waals surface area contributed by atoms with Crippen molar-refractivity contribution in [1.82, 2.24) is 14.8 Å². The van der Waals surface area contributed by atoms with Crippen molar-refractivity contribution in [3.8, 4) is 17.0 Å². The molecule has 2 aliphatic rings. The van der Waals surface area contributed by atoms with Gasteiger partial charge in [-0.2, -0.15) is 0 Å². The van der Waals surface area contributed by atoms with Gasteiger partial charge in [0, 0.05) is 44.0 Å². The molecule has 38 heavy (non-hydrogen) atoms. The molecule has 2 atom stereocenters. The van der Waals surface area contributed by atoms with Gasteiger partial charge >= 0.3 is 6.09 Å². The summed E-state index contributed by atoms with van der Waals surface area (Å²) in [6.07, 6.45) is 5.07. The minimum absolute atomic E-state index is 0.0548. The van der Waals surface area contributed by atoms with E-state index in [-0.39, 0.29) is 36.4 Å². The molecular weight excluding hydrogens is 487 g/mol. The van der Waals surface area contributed by atoms with Crippen LogP contribution in [0.2, 0.25) is 0 Å². The monoisotopic (exact) mass is 526 g/mol. The second-order valence-electron chi connectivity index (χ2n) is 10.6. The highest BCUT2D eigenvalue weighted by atomic mass is 19.1. The van der Waals surface area contributed by atoms with Gasteiger partial charge < -0.3 is 25.0 Å². The fourth-order valence-corrected chi connectivity index (χ4v) is 5.12. The highest BCUT2D eigenvalue weighted by Gasteiger charge is 2.29. The average Bonchev–Trinajstić information content (AvgIpc) is 3.44. The van der Waals surface area contributed by atoms with Gasteiger partial charge in [-0.1, -0.05) is 12.1 Å². The Hall–Kier alpha value is -3.20. The van der Waals surface area contributed by atoms with Crippen molar-refractivity contribution in [2.24, 2.45) is 11.7 Å². The number of nitrogens with zero attached hydrogens (tertiary/aromatic N) is 3. The van der Waals surface area contributed by atoms with E-state index < -0.39 is 6.04 Å². The Balaban J connectivity index is 1.29. The first-order chi connectivity index (χ1) is 18.2. The Kier molecular flexibility index (Phi) is 9.20. The highest BCUT2D eigenvalue weighted by Crippen LogP contribution is 2.27. The minimum atomic E-state index is -0.741. The third-order valence-electron chi connectivity index (χ3n) is 7.40. The fraction of sp³-hybridized carbons (Fsp3) is 0.552. The quantitative estimate of drug-likeness (QED) is 0.547. The zero-order valence-electron chi connectivity index (χ0n) is 22.6. The predicted octanol–water partition coefficient (Wildman–Crippen LogP) is 4.40. The van der Waals surface area contributed by atoms with Gasteiger partial charge in [0.1, 0.15) is 11.9 Å². The molecule has 0 aliphatic carbocycles. The van der Waals surface area contributed by atoms with Crippen LogP contribution in [0.25, 0.3) is 11.1 Å². The number of rotatable bonds is 8. The summed E-state index contributed by atoms with van der Waals surface area (Å²) in [6, 6.07) is 7.88. The molecule has 9 heteroatoms. The van der Waals surface area contributed by atoms with Crippen molar-refractivity contribution in [1.29, 1.82) is 0 Å². The van der Waals surface area contributed by atoms with Crippen LogP contribution in [0.3, 0.4) is 0 Å². The number of likely N-dealkylation sites (tertiary alicyclic amines) is 2. The molecule has 0 saturated carbocycles. The molecule has 3 heterocycles. The Labute approximate surface area is 224 Å². The molecule has 206 valence electrons. The Morgan fingerprint density at radius 3 is 2.32 bits per heavy atom. The Bertz CT molecular complexity index is 1100. The van der Waals surface area contributed by atoms with E-state index >= 15 is 0 Å². The maximum atomic E-state index is 14.9. The number of pyridine rings is 1. The molecule has 4 rings (SSSR count). The third-order valence-corrected chi connectivity index (χ3v) is 7.40. The van der Waals surface area contributed by atoms with Crippen molar-refractivity contribution in [3.05, 3.63) is 47.9 Å². The van der Waals surface area contributed by atoms with Gasteiger partial charge in [0.15, 0.2) is 0 Å². The zero-order chi connectivity index (χ0) is 27.2. The largest absolute Gasteiger partial charge is 0.474 e. The SMILES string of the molecule is CC(C)OC(=O)N1CCC([C@@H](C)Oc2ccc(-c3ccc(CC(N)C(=O)N4CCCC4)c(F)c3)cn2)CC1. The van der Waals surface area contributed by atoms with E-state index in [1.165, 1.54) is 6.07 Å². The number of halogens is 1. The second kappa shape index (κ2) is 12.6. The van der Waals surface area contributed by atoms with Crippen molar-refractivity contribution >= 4 is 12.0 Å². The highest BCUT2D eigenvalue weighted by molar-refractivity contribution is 5.82. The predicted molar refractivity (Wildman–Crippen MR) is 143 cm³/mol. The van der Waals surface area contributed by atoms with E-state index in [9.17, 15) is 14.0 Å². The van der Waals surface area contributed by atoms with Gasteiger partial charge in [-0.25, -0.2) is 14.2 Å². The molecule has 2 saturated heterocycles. The van der Waals surface area contributed by atoms with Gasteiger partial charge in [0.25, 0.3) is 0 Å². The van der Waals surface area contributed by atoms with Crippen molar-refractivity contribution in [3.63, 3.8) is 0 Å². The average molecular weight is 527 g/mol. The van der Waals surface area contributed by atoms with E-state index in [1.54, 1.807) is 28.1 Å². The number of benzene rings is 1. The van der Waals surface area contributed by atoms with Gasteiger partial charge in [0.2, 0.25) is 11.8 Å². The lowest BCUT2D eigenvalue weighted by Crippen LogP contribution is -2.43. The molecule has 8 nitrogen and oxygen atoms in total.